The monoisotopic (exact) mass is 330 g/mol. The van der Waals surface area contributed by atoms with Crippen LogP contribution in [0.15, 0.2) is 47.4 Å². The van der Waals surface area contributed by atoms with Crippen molar-refractivity contribution >= 4 is 29.0 Å². The average Bonchev–Trinajstić information content (AvgIpc) is 2.52. The number of benzene rings is 2. The van der Waals surface area contributed by atoms with Crippen molar-refractivity contribution in [2.24, 2.45) is 0 Å². The van der Waals surface area contributed by atoms with Crippen LogP contribution in [0.2, 0.25) is 0 Å². The molecule has 120 valence electrons. The van der Waals surface area contributed by atoms with Gasteiger partial charge >= 0.3 is 0 Å². The number of aryl methyl sites for hydroxylation is 1. The Hall–Kier alpha value is -2.34. The lowest BCUT2D eigenvalue weighted by Gasteiger charge is -2.14. The molecule has 0 aliphatic heterocycles. The molecule has 5 nitrogen and oxygen atoms in total. The molecule has 2 rings (SSSR count). The number of carbonyl (C=O) groups is 1. The Labute approximate surface area is 139 Å². The van der Waals surface area contributed by atoms with E-state index in [9.17, 15) is 14.9 Å². The van der Waals surface area contributed by atoms with Gasteiger partial charge in [-0.2, -0.15) is 0 Å². The highest BCUT2D eigenvalue weighted by molar-refractivity contribution is 8.00. The van der Waals surface area contributed by atoms with Crippen molar-refractivity contribution in [2.75, 3.05) is 5.32 Å². The number of hydrogen-bond donors (Lipinski definition) is 1. The van der Waals surface area contributed by atoms with E-state index in [0.717, 1.165) is 21.7 Å². The van der Waals surface area contributed by atoms with E-state index in [1.54, 1.807) is 12.1 Å². The maximum absolute atomic E-state index is 12.3. The van der Waals surface area contributed by atoms with Gasteiger partial charge in [-0.1, -0.05) is 12.1 Å². The van der Waals surface area contributed by atoms with Gasteiger partial charge in [0.2, 0.25) is 5.91 Å². The lowest BCUT2D eigenvalue weighted by molar-refractivity contribution is -0.384. The summed E-state index contributed by atoms with van der Waals surface area (Å²) in [7, 11) is 0. The third-order valence-corrected chi connectivity index (χ3v) is 4.70. The molecule has 6 heteroatoms. The largest absolute Gasteiger partial charge is 0.325 e. The summed E-state index contributed by atoms with van der Waals surface area (Å²) in [6.07, 6.45) is 0. The maximum Gasteiger partial charge on any atom is 0.269 e. The lowest BCUT2D eigenvalue weighted by Crippen LogP contribution is -2.22. The molecule has 2 aromatic rings. The number of rotatable bonds is 5. The lowest BCUT2D eigenvalue weighted by atomic mass is 10.1. The van der Waals surface area contributed by atoms with Crippen LogP contribution in [-0.2, 0) is 4.79 Å². The Morgan fingerprint density at radius 1 is 1.17 bits per heavy atom. The Balaban J connectivity index is 2.02. The number of nitrogens with zero attached hydrogens (tertiary/aromatic N) is 1. The van der Waals surface area contributed by atoms with Gasteiger partial charge in [0.15, 0.2) is 0 Å². The molecule has 0 aliphatic carbocycles. The zero-order valence-electron chi connectivity index (χ0n) is 13.2. The van der Waals surface area contributed by atoms with Gasteiger partial charge in [0.25, 0.3) is 5.69 Å². The predicted octanol–water partition coefficient (Wildman–Crippen LogP) is 4.33. The Kier molecular flexibility index (Phi) is 5.39. The van der Waals surface area contributed by atoms with Crippen LogP contribution in [0.4, 0.5) is 11.4 Å². The third-order valence-electron chi connectivity index (χ3n) is 3.59. The number of anilines is 1. The van der Waals surface area contributed by atoms with Crippen LogP contribution >= 0.6 is 11.8 Å². The van der Waals surface area contributed by atoms with Crippen molar-refractivity contribution in [3.63, 3.8) is 0 Å². The summed E-state index contributed by atoms with van der Waals surface area (Å²) in [5.74, 6) is -0.0953. The standard InChI is InChI=1S/C17H18N2O3S/c1-11-5-4-6-16(12(11)2)18-17(20)13(3)23-15-9-7-14(8-10-15)19(21)22/h4-10,13H,1-3H3,(H,18,20)/t13-/m1/s1. The third kappa shape index (κ3) is 4.32. The molecule has 0 saturated heterocycles. The summed E-state index contributed by atoms with van der Waals surface area (Å²) in [5, 5.41) is 13.3. The number of hydrogen-bond acceptors (Lipinski definition) is 4. The van der Waals surface area contributed by atoms with E-state index in [1.165, 1.54) is 23.9 Å². The quantitative estimate of drug-likeness (QED) is 0.503. The van der Waals surface area contributed by atoms with Gasteiger partial charge in [0.1, 0.15) is 0 Å². The van der Waals surface area contributed by atoms with E-state index in [-0.39, 0.29) is 16.8 Å². The average molecular weight is 330 g/mol. The van der Waals surface area contributed by atoms with Gasteiger partial charge < -0.3 is 5.32 Å². The zero-order chi connectivity index (χ0) is 17.0. The van der Waals surface area contributed by atoms with Crippen molar-refractivity contribution < 1.29 is 9.72 Å². The number of thioether (sulfide) groups is 1. The first-order valence-electron chi connectivity index (χ1n) is 7.16. The van der Waals surface area contributed by atoms with Crippen LogP contribution in [0.5, 0.6) is 0 Å². The smallest absolute Gasteiger partial charge is 0.269 e. The second kappa shape index (κ2) is 7.28. The van der Waals surface area contributed by atoms with Crippen LogP contribution < -0.4 is 5.32 Å². The minimum absolute atomic E-state index is 0.0434. The predicted molar refractivity (Wildman–Crippen MR) is 93.0 cm³/mol. The van der Waals surface area contributed by atoms with Crippen molar-refractivity contribution in [3.05, 3.63) is 63.7 Å². The number of amides is 1. The molecule has 0 unspecified atom stereocenters. The fourth-order valence-corrected chi connectivity index (χ4v) is 2.89. The van der Waals surface area contributed by atoms with E-state index in [4.69, 9.17) is 0 Å². The van der Waals surface area contributed by atoms with E-state index in [0.29, 0.717) is 0 Å². The summed E-state index contributed by atoms with van der Waals surface area (Å²) in [6, 6.07) is 12.0. The normalized spacial score (nSPS) is 11.8. The van der Waals surface area contributed by atoms with Gasteiger partial charge in [0.05, 0.1) is 10.2 Å². The second-order valence-electron chi connectivity index (χ2n) is 5.25. The van der Waals surface area contributed by atoms with E-state index < -0.39 is 4.92 Å². The zero-order valence-corrected chi connectivity index (χ0v) is 14.0. The molecular weight excluding hydrogens is 312 g/mol. The highest BCUT2D eigenvalue weighted by atomic mass is 32.2. The summed E-state index contributed by atoms with van der Waals surface area (Å²) in [5.41, 5.74) is 3.03. The van der Waals surface area contributed by atoms with Gasteiger partial charge in [-0.15, -0.1) is 11.8 Å². The number of nitro benzene ring substituents is 1. The molecule has 2 aromatic carbocycles. The van der Waals surface area contributed by atoms with Crippen LogP contribution in [0.25, 0.3) is 0 Å². The molecule has 0 saturated carbocycles. The Bertz CT molecular complexity index is 729. The summed E-state index contributed by atoms with van der Waals surface area (Å²) in [4.78, 5) is 23.3. The topological polar surface area (TPSA) is 72.2 Å². The SMILES string of the molecule is Cc1cccc(NC(=O)[C@@H](C)Sc2ccc([N+](=O)[O-])cc2)c1C. The van der Waals surface area contributed by atoms with Crippen LogP contribution in [0.3, 0.4) is 0 Å². The van der Waals surface area contributed by atoms with Gasteiger partial charge in [0, 0.05) is 22.7 Å². The van der Waals surface area contributed by atoms with Crippen molar-refractivity contribution in [1.29, 1.82) is 0 Å². The Morgan fingerprint density at radius 2 is 1.83 bits per heavy atom. The summed E-state index contributed by atoms with van der Waals surface area (Å²) >= 11 is 1.37. The molecule has 0 spiro atoms. The minimum Gasteiger partial charge on any atom is -0.325 e. The first kappa shape index (κ1) is 17.0. The van der Waals surface area contributed by atoms with Crippen LogP contribution in [0, 0.1) is 24.0 Å². The van der Waals surface area contributed by atoms with Crippen molar-refractivity contribution in [2.45, 2.75) is 30.9 Å². The molecule has 0 radical (unpaired) electrons. The minimum atomic E-state index is -0.439. The van der Waals surface area contributed by atoms with Gasteiger partial charge in [-0.05, 0) is 50.1 Å². The molecule has 0 bridgehead atoms. The van der Waals surface area contributed by atoms with Crippen molar-refractivity contribution in [1.82, 2.24) is 0 Å². The number of nitrogens with one attached hydrogen (secondary N) is 1. The second-order valence-corrected chi connectivity index (χ2v) is 6.66. The molecule has 0 aliphatic rings. The molecular formula is C17H18N2O3S. The fraction of sp³-hybridized carbons (Fsp3) is 0.235. The first-order chi connectivity index (χ1) is 10.9. The van der Waals surface area contributed by atoms with Crippen LogP contribution in [-0.4, -0.2) is 16.1 Å². The number of nitro groups is 1. The molecule has 0 heterocycles. The Morgan fingerprint density at radius 3 is 2.43 bits per heavy atom. The van der Waals surface area contributed by atoms with Crippen molar-refractivity contribution in [3.8, 4) is 0 Å². The number of carbonyl (C=O) groups excluding carboxylic acids is 1. The molecule has 0 aromatic heterocycles. The van der Waals surface area contributed by atoms with E-state index >= 15 is 0 Å². The van der Waals surface area contributed by atoms with E-state index in [2.05, 4.69) is 5.32 Å². The maximum atomic E-state index is 12.3. The molecule has 23 heavy (non-hydrogen) atoms. The number of non-ortho nitro benzene ring substituents is 1. The first-order valence-corrected chi connectivity index (χ1v) is 8.04. The van der Waals surface area contributed by atoms with Gasteiger partial charge in [-0.25, -0.2) is 0 Å². The molecule has 1 atom stereocenters. The summed E-state index contributed by atoms with van der Waals surface area (Å²) < 4.78 is 0. The molecule has 1 N–H and O–H groups in total. The molecule has 0 fully saturated rings. The van der Waals surface area contributed by atoms with Gasteiger partial charge in [-0.3, -0.25) is 14.9 Å². The van der Waals surface area contributed by atoms with Crippen LogP contribution in [0.1, 0.15) is 18.1 Å². The highest BCUT2D eigenvalue weighted by Crippen LogP contribution is 2.27. The van der Waals surface area contributed by atoms with E-state index in [1.807, 2.05) is 39.0 Å². The highest BCUT2D eigenvalue weighted by Gasteiger charge is 2.16. The summed E-state index contributed by atoms with van der Waals surface area (Å²) in [6.45, 7) is 5.78. The molecule has 1 amide bonds. The fourth-order valence-electron chi connectivity index (χ4n) is 2.02.